The molecule has 1 heterocycles. The molecule has 1 rings (SSSR count). The zero-order valence-electron chi connectivity index (χ0n) is 8.33. The van der Waals surface area contributed by atoms with E-state index >= 15 is 0 Å². The van der Waals surface area contributed by atoms with Gasteiger partial charge in [-0.05, 0) is 25.6 Å². The molecule has 3 heteroatoms. The SMILES string of the molecule is C=C(C)C(CO)N1CCCSCC1. The van der Waals surface area contributed by atoms with Gasteiger partial charge in [0.2, 0.25) is 0 Å². The summed E-state index contributed by atoms with van der Waals surface area (Å²) in [6, 6.07) is 0.179. The number of rotatable bonds is 3. The molecular weight excluding hydrogens is 182 g/mol. The number of nitrogens with zero attached hydrogens (tertiary/aromatic N) is 1. The molecule has 13 heavy (non-hydrogen) atoms. The lowest BCUT2D eigenvalue weighted by atomic mass is 10.1. The summed E-state index contributed by atoms with van der Waals surface area (Å²) in [5.41, 5.74) is 1.08. The highest BCUT2D eigenvalue weighted by Gasteiger charge is 2.19. The van der Waals surface area contributed by atoms with Crippen LogP contribution in [-0.2, 0) is 0 Å². The molecular formula is C10H19NOS. The van der Waals surface area contributed by atoms with E-state index in [-0.39, 0.29) is 12.6 Å². The second-order valence-electron chi connectivity index (χ2n) is 3.55. The van der Waals surface area contributed by atoms with Crippen molar-refractivity contribution in [1.82, 2.24) is 4.90 Å². The Kier molecular flexibility index (Phi) is 4.84. The van der Waals surface area contributed by atoms with Crippen molar-refractivity contribution in [3.05, 3.63) is 12.2 Å². The molecule has 1 N–H and O–H groups in total. The number of aliphatic hydroxyl groups is 1. The van der Waals surface area contributed by atoms with Crippen LogP contribution in [0.15, 0.2) is 12.2 Å². The van der Waals surface area contributed by atoms with Gasteiger partial charge < -0.3 is 5.11 Å². The van der Waals surface area contributed by atoms with Crippen molar-refractivity contribution in [2.45, 2.75) is 19.4 Å². The van der Waals surface area contributed by atoms with E-state index < -0.39 is 0 Å². The second kappa shape index (κ2) is 5.68. The summed E-state index contributed by atoms with van der Waals surface area (Å²) in [5, 5.41) is 9.23. The van der Waals surface area contributed by atoms with E-state index in [1.54, 1.807) is 0 Å². The highest BCUT2D eigenvalue weighted by molar-refractivity contribution is 7.99. The summed E-state index contributed by atoms with van der Waals surface area (Å²) < 4.78 is 0. The van der Waals surface area contributed by atoms with Crippen molar-refractivity contribution in [3.63, 3.8) is 0 Å². The van der Waals surface area contributed by atoms with Crippen LogP contribution in [0.3, 0.4) is 0 Å². The standard InChI is InChI=1S/C10H19NOS/c1-9(2)10(8-12)11-4-3-6-13-7-5-11/h10,12H,1,3-8H2,2H3. The van der Waals surface area contributed by atoms with Crippen LogP contribution in [0.5, 0.6) is 0 Å². The van der Waals surface area contributed by atoms with Gasteiger partial charge in [-0.1, -0.05) is 12.2 Å². The Balaban J connectivity index is 2.50. The molecule has 1 unspecified atom stereocenters. The molecule has 0 saturated carbocycles. The normalized spacial score (nSPS) is 22.3. The molecule has 0 bridgehead atoms. The van der Waals surface area contributed by atoms with Gasteiger partial charge in [0.05, 0.1) is 12.6 Å². The summed E-state index contributed by atoms with van der Waals surface area (Å²) in [6.45, 7) is 8.32. The molecule has 1 atom stereocenters. The first-order chi connectivity index (χ1) is 6.25. The van der Waals surface area contributed by atoms with E-state index in [1.165, 1.54) is 17.9 Å². The van der Waals surface area contributed by atoms with Gasteiger partial charge in [-0.15, -0.1) is 0 Å². The maximum atomic E-state index is 9.23. The molecule has 0 spiro atoms. The Morgan fingerprint density at radius 3 is 2.92 bits per heavy atom. The van der Waals surface area contributed by atoms with Gasteiger partial charge in [-0.25, -0.2) is 0 Å². The summed E-state index contributed by atoms with van der Waals surface area (Å²) in [4.78, 5) is 2.35. The highest BCUT2D eigenvalue weighted by atomic mass is 32.2. The van der Waals surface area contributed by atoms with Crippen molar-refractivity contribution in [2.75, 3.05) is 31.2 Å². The average Bonchev–Trinajstić information content (AvgIpc) is 2.33. The van der Waals surface area contributed by atoms with Crippen LogP contribution in [0.1, 0.15) is 13.3 Å². The molecule has 0 radical (unpaired) electrons. The third-order valence-corrected chi connectivity index (χ3v) is 3.49. The first-order valence-electron chi connectivity index (χ1n) is 4.83. The number of thioether (sulfide) groups is 1. The maximum absolute atomic E-state index is 9.23. The number of aliphatic hydroxyl groups excluding tert-OH is 1. The third-order valence-electron chi connectivity index (χ3n) is 2.44. The molecule has 1 saturated heterocycles. The lowest BCUT2D eigenvalue weighted by molar-refractivity contribution is 0.153. The zero-order valence-corrected chi connectivity index (χ0v) is 9.15. The fraction of sp³-hybridized carbons (Fsp3) is 0.800. The van der Waals surface area contributed by atoms with Crippen LogP contribution in [0.4, 0.5) is 0 Å². The van der Waals surface area contributed by atoms with Gasteiger partial charge in [0.1, 0.15) is 0 Å². The van der Waals surface area contributed by atoms with Gasteiger partial charge in [0.15, 0.2) is 0 Å². The minimum Gasteiger partial charge on any atom is -0.394 e. The molecule has 0 amide bonds. The van der Waals surface area contributed by atoms with Gasteiger partial charge in [0.25, 0.3) is 0 Å². The van der Waals surface area contributed by atoms with Gasteiger partial charge in [-0.3, -0.25) is 4.90 Å². The van der Waals surface area contributed by atoms with Crippen LogP contribution in [0.25, 0.3) is 0 Å². The monoisotopic (exact) mass is 201 g/mol. The predicted octanol–water partition coefficient (Wildman–Crippen LogP) is 1.36. The van der Waals surface area contributed by atoms with Crippen LogP contribution in [0, 0.1) is 0 Å². The van der Waals surface area contributed by atoms with Gasteiger partial charge in [-0.2, -0.15) is 11.8 Å². The van der Waals surface area contributed by atoms with E-state index in [0.717, 1.165) is 18.7 Å². The van der Waals surface area contributed by atoms with E-state index in [2.05, 4.69) is 11.5 Å². The maximum Gasteiger partial charge on any atom is 0.0625 e. The smallest absolute Gasteiger partial charge is 0.0625 e. The molecule has 0 aliphatic carbocycles. The van der Waals surface area contributed by atoms with E-state index in [4.69, 9.17) is 0 Å². The van der Waals surface area contributed by atoms with Crippen molar-refractivity contribution in [1.29, 1.82) is 0 Å². The van der Waals surface area contributed by atoms with E-state index in [1.807, 2.05) is 18.7 Å². The molecule has 1 aliphatic rings. The van der Waals surface area contributed by atoms with Crippen LogP contribution in [-0.4, -0.2) is 47.3 Å². The third kappa shape index (κ3) is 3.33. The van der Waals surface area contributed by atoms with Crippen LogP contribution >= 0.6 is 11.8 Å². The van der Waals surface area contributed by atoms with Gasteiger partial charge >= 0.3 is 0 Å². The first-order valence-corrected chi connectivity index (χ1v) is 5.99. The Labute approximate surface area is 85.0 Å². The summed E-state index contributed by atoms with van der Waals surface area (Å²) in [5.74, 6) is 2.44. The van der Waals surface area contributed by atoms with Crippen molar-refractivity contribution in [3.8, 4) is 0 Å². The van der Waals surface area contributed by atoms with Crippen molar-refractivity contribution in [2.24, 2.45) is 0 Å². The Morgan fingerprint density at radius 2 is 2.31 bits per heavy atom. The summed E-state index contributed by atoms with van der Waals surface area (Å²) in [6.07, 6.45) is 1.23. The van der Waals surface area contributed by atoms with E-state index in [9.17, 15) is 5.11 Å². The first kappa shape index (κ1) is 11.1. The summed E-state index contributed by atoms with van der Waals surface area (Å²) >= 11 is 2.01. The fourth-order valence-electron chi connectivity index (χ4n) is 1.66. The van der Waals surface area contributed by atoms with Crippen molar-refractivity contribution >= 4 is 11.8 Å². The molecule has 0 aromatic carbocycles. The van der Waals surface area contributed by atoms with Crippen LogP contribution in [0.2, 0.25) is 0 Å². The predicted molar refractivity (Wildman–Crippen MR) is 59.2 cm³/mol. The molecule has 0 aromatic rings. The topological polar surface area (TPSA) is 23.5 Å². The Hall–Kier alpha value is 0.0100. The minimum atomic E-state index is 0.179. The lowest BCUT2D eigenvalue weighted by Gasteiger charge is -2.29. The van der Waals surface area contributed by atoms with Crippen molar-refractivity contribution < 1.29 is 5.11 Å². The second-order valence-corrected chi connectivity index (χ2v) is 4.77. The molecule has 1 aliphatic heterocycles. The molecule has 0 aromatic heterocycles. The molecule has 2 nitrogen and oxygen atoms in total. The van der Waals surface area contributed by atoms with Crippen LogP contribution < -0.4 is 0 Å². The zero-order chi connectivity index (χ0) is 9.68. The fourth-order valence-corrected chi connectivity index (χ4v) is 2.56. The Bertz CT molecular complexity index is 164. The number of hydrogen-bond donors (Lipinski definition) is 1. The molecule has 76 valence electrons. The quantitative estimate of drug-likeness (QED) is 0.698. The average molecular weight is 201 g/mol. The number of hydrogen-bond acceptors (Lipinski definition) is 3. The van der Waals surface area contributed by atoms with Gasteiger partial charge in [0, 0.05) is 12.3 Å². The summed E-state index contributed by atoms with van der Waals surface area (Å²) in [7, 11) is 0. The lowest BCUT2D eigenvalue weighted by Crippen LogP contribution is -2.40. The largest absolute Gasteiger partial charge is 0.394 e. The highest BCUT2D eigenvalue weighted by Crippen LogP contribution is 2.15. The van der Waals surface area contributed by atoms with E-state index in [0.29, 0.717) is 0 Å². The minimum absolute atomic E-state index is 0.179. The molecule has 1 fully saturated rings. The Morgan fingerprint density at radius 1 is 1.54 bits per heavy atom.